The molecule has 5 nitrogen and oxygen atoms in total. The average molecular weight is 420 g/mol. The first kappa shape index (κ1) is 21.2. The molecule has 0 aliphatic rings. The zero-order valence-corrected chi connectivity index (χ0v) is 17.2. The molecular weight excluding hydrogens is 398 g/mol. The summed E-state index contributed by atoms with van der Waals surface area (Å²) in [6.45, 7) is -0.376. The molecule has 0 radical (unpaired) electrons. The van der Waals surface area contributed by atoms with E-state index in [0.717, 1.165) is 15.4 Å². The van der Waals surface area contributed by atoms with Crippen LogP contribution < -0.4 is 10.1 Å². The molecule has 0 saturated heterocycles. The Balaban J connectivity index is 1.55. The van der Waals surface area contributed by atoms with E-state index in [0.29, 0.717) is 11.4 Å². The number of carbonyl (C=O) groups excluding carboxylic acids is 2. The molecule has 0 heterocycles. The molecule has 1 amide bonds. The van der Waals surface area contributed by atoms with Gasteiger partial charge in [-0.1, -0.05) is 60.3 Å². The van der Waals surface area contributed by atoms with Crippen molar-refractivity contribution >= 4 is 35.4 Å². The smallest absolute Gasteiger partial charge is 0.331 e. The predicted molar refractivity (Wildman–Crippen MR) is 119 cm³/mol. The van der Waals surface area contributed by atoms with Gasteiger partial charge in [0.2, 0.25) is 0 Å². The number of ether oxygens (including phenoxy) is 2. The number of amides is 1. The summed E-state index contributed by atoms with van der Waals surface area (Å²) < 4.78 is 10.3. The fourth-order valence-electron chi connectivity index (χ4n) is 2.61. The van der Waals surface area contributed by atoms with Gasteiger partial charge in [-0.3, -0.25) is 4.79 Å². The van der Waals surface area contributed by atoms with Crippen LogP contribution in [0.3, 0.4) is 0 Å². The van der Waals surface area contributed by atoms with Gasteiger partial charge in [0, 0.05) is 21.4 Å². The van der Waals surface area contributed by atoms with Crippen LogP contribution in [-0.2, 0) is 14.3 Å². The van der Waals surface area contributed by atoms with E-state index in [4.69, 9.17) is 9.47 Å². The molecular formula is C24H21NO4S. The van der Waals surface area contributed by atoms with Crippen LogP contribution in [0.4, 0.5) is 5.69 Å². The molecule has 3 aromatic rings. The largest absolute Gasteiger partial charge is 0.496 e. The van der Waals surface area contributed by atoms with E-state index >= 15 is 0 Å². The summed E-state index contributed by atoms with van der Waals surface area (Å²) >= 11 is 1.54. The molecule has 0 bridgehead atoms. The lowest BCUT2D eigenvalue weighted by Gasteiger charge is -2.10. The Hall–Kier alpha value is -3.51. The maximum Gasteiger partial charge on any atom is 0.331 e. The Morgan fingerprint density at radius 3 is 2.43 bits per heavy atom. The second-order valence-electron chi connectivity index (χ2n) is 6.14. The SMILES string of the molecule is COc1ccccc1/C=C/C(=O)OCC(=O)Nc1ccccc1Sc1ccccc1. The Kier molecular flexibility index (Phi) is 7.69. The summed E-state index contributed by atoms with van der Waals surface area (Å²) in [6.07, 6.45) is 2.86. The van der Waals surface area contributed by atoms with E-state index in [2.05, 4.69) is 5.32 Å². The monoisotopic (exact) mass is 419 g/mol. The number of hydrogen-bond donors (Lipinski definition) is 1. The van der Waals surface area contributed by atoms with Crippen LogP contribution in [0, 0.1) is 0 Å². The summed E-state index contributed by atoms with van der Waals surface area (Å²) in [4.78, 5) is 26.2. The third-order valence-electron chi connectivity index (χ3n) is 4.02. The predicted octanol–water partition coefficient (Wildman–Crippen LogP) is 5.04. The normalized spacial score (nSPS) is 10.6. The molecule has 0 fully saturated rings. The average Bonchev–Trinajstić information content (AvgIpc) is 2.78. The number of carbonyl (C=O) groups is 2. The third-order valence-corrected chi connectivity index (χ3v) is 5.10. The number of methoxy groups -OCH3 is 1. The van der Waals surface area contributed by atoms with Gasteiger partial charge in [-0.15, -0.1) is 0 Å². The quantitative estimate of drug-likeness (QED) is 0.409. The van der Waals surface area contributed by atoms with Gasteiger partial charge in [0.25, 0.3) is 5.91 Å². The highest BCUT2D eigenvalue weighted by molar-refractivity contribution is 7.99. The van der Waals surface area contributed by atoms with Crippen molar-refractivity contribution in [3.63, 3.8) is 0 Å². The Morgan fingerprint density at radius 2 is 1.63 bits per heavy atom. The number of para-hydroxylation sites is 2. The molecule has 0 aliphatic carbocycles. The first-order chi connectivity index (χ1) is 14.7. The van der Waals surface area contributed by atoms with Gasteiger partial charge in [0.05, 0.1) is 12.8 Å². The second kappa shape index (κ2) is 10.9. The van der Waals surface area contributed by atoms with Gasteiger partial charge in [0.1, 0.15) is 5.75 Å². The molecule has 3 aromatic carbocycles. The van der Waals surface area contributed by atoms with Crippen LogP contribution in [0.25, 0.3) is 6.08 Å². The van der Waals surface area contributed by atoms with Gasteiger partial charge < -0.3 is 14.8 Å². The van der Waals surface area contributed by atoms with Crippen LogP contribution in [0.5, 0.6) is 5.75 Å². The van der Waals surface area contributed by atoms with Crippen LogP contribution in [0.15, 0.2) is 94.7 Å². The lowest BCUT2D eigenvalue weighted by Crippen LogP contribution is -2.20. The highest BCUT2D eigenvalue weighted by Gasteiger charge is 2.10. The number of nitrogens with one attached hydrogen (secondary N) is 1. The van der Waals surface area contributed by atoms with Crippen LogP contribution in [-0.4, -0.2) is 25.6 Å². The molecule has 0 aromatic heterocycles. The van der Waals surface area contributed by atoms with Crippen molar-refractivity contribution in [3.05, 3.63) is 90.5 Å². The number of benzene rings is 3. The van der Waals surface area contributed by atoms with Gasteiger partial charge in [-0.05, 0) is 36.4 Å². The second-order valence-corrected chi connectivity index (χ2v) is 7.26. The van der Waals surface area contributed by atoms with Crippen LogP contribution in [0.2, 0.25) is 0 Å². The Morgan fingerprint density at radius 1 is 0.933 bits per heavy atom. The summed E-state index contributed by atoms with van der Waals surface area (Å²) in [5, 5.41) is 2.80. The first-order valence-corrected chi connectivity index (χ1v) is 10.1. The minimum absolute atomic E-state index is 0.376. The van der Waals surface area contributed by atoms with Crippen molar-refractivity contribution in [2.45, 2.75) is 9.79 Å². The van der Waals surface area contributed by atoms with Gasteiger partial charge >= 0.3 is 5.97 Å². The molecule has 0 aliphatic heterocycles. The molecule has 6 heteroatoms. The zero-order chi connectivity index (χ0) is 21.2. The van der Waals surface area contributed by atoms with Gasteiger partial charge in [-0.2, -0.15) is 0 Å². The van der Waals surface area contributed by atoms with Crippen molar-refractivity contribution in [2.24, 2.45) is 0 Å². The first-order valence-electron chi connectivity index (χ1n) is 9.25. The van der Waals surface area contributed by atoms with Crippen molar-refractivity contribution in [3.8, 4) is 5.75 Å². The fourth-order valence-corrected chi connectivity index (χ4v) is 3.53. The highest BCUT2D eigenvalue weighted by atomic mass is 32.2. The van der Waals surface area contributed by atoms with Crippen LogP contribution in [0.1, 0.15) is 5.56 Å². The minimum Gasteiger partial charge on any atom is -0.496 e. The van der Waals surface area contributed by atoms with Crippen molar-refractivity contribution in [1.29, 1.82) is 0 Å². The molecule has 1 N–H and O–H groups in total. The maximum atomic E-state index is 12.3. The van der Waals surface area contributed by atoms with Crippen molar-refractivity contribution in [2.75, 3.05) is 19.0 Å². The number of hydrogen-bond acceptors (Lipinski definition) is 5. The molecule has 0 saturated carbocycles. The van der Waals surface area contributed by atoms with Crippen LogP contribution >= 0.6 is 11.8 Å². The number of rotatable bonds is 8. The highest BCUT2D eigenvalue weighted by Crippen LogP contribution is 2.33. The van der Waals surface area contributed by atoms with E-state index in [1.807, 2.05) is 72.8 Å². The molecule has 152 valence electrons. The zero-order valence-electron chi connectivity index (χ0n) is 16.4. The molecule has 30 heavy (non-hydrogen) atoms. The van der Waals surface area contributed by atoms with E-state index in [9.17, 15) is 9.59 Å². The van der Waals surface area contributed by atoms with E-state index in [1.54, 1.807) is 31.0 Å². The van der Waals surface area contributed by atoms with E-state index in [1.165, 1.54) is 6.08 Å². The lowest BCUT2D eigenvalue weighted by atomic mass is 10.2. The Labute approximate surface area is 179 Å². The molecule has 0 spiro atoms. The van der Waals surface area contributed by atoms with Gasteiger partial charge in [0.15, 0.2) is 6.61 Å². The fraction of sp³-hybridized carbons (Fsp3) is 0.0833. The molecule has 3 rings (SSSR count). The molecule has 0 unspecified atom stereocenters. The lowest BCUT2D eigenvalue weighted by molar-refractivity contribution is -0.142. The summed E-state index contributed by atoms with van der Waals surface area (Å²) in [6, 6.07) is 24.6. The summed E-state index contributed by atoms with van der Waals surface area (Å²) in [7, 11) is 1.56. The van der Waals surface area contributed by atoms with E-state index in [-0.39, 0.29) is 6.61 Å². The summed E-state index contributed by atoms with van der Waals surface area (Å²) in [5.41, 5.74) is 1.41. The summed E-state index contributed by atoms with van der Waals surface area (Å²) in [5.74, 6) is -0.370. The standard InChI is InChI=1S/C24H21NO4S/c1-28-21-13-7-5-9-18(21)15-16-24(27)29-17-23(26)25-20-12-6-8-14-22(20)30-19-10-3-2-4-11-19/h2-16H,17H2,1H3,(H,25,26)/b16-15+. The van der Waals surface area contributed by atoms with Gasteiger partial charge in [-0.25, -0.2) is 4.79 Å². The number of esters is 1. The number of anilines is 1. The van der Waals surface area contributed by atoms with Crippen molar-refractivity contribution < 1.29 is 19.1 Å². The minimum atomic E-state index is -0.608. The van der Waals surface area contributed by atoms with Crippen molar-refractivity contribution in [1.82, 2.24) is 0 Å². The topological polar surface area (TPSA) is 64.6 Å². The molecule has 0 atom stereocenters. The third kappa shape index (κ3) is 6.25. The maximum absolute atomic E-state index is 12.3. The Bertz CT molecular complexity index is 1030. The van der Waals surface area contributed by atoms with E-state index < -0.39 is 11.9 Å².